The van der Waals surface area contributed by atoms with Gasteiger partial charge in [0, 0.05) is 17.6 Å². The van der Waals surface area contributed by atoms with Gasteiger partial charge >= 0.3 is 0 Å². The number of aryl methyl sites for hydroxylation is 1. The minimum Gasteiger partial charge on any atom is -0.352 e. The van der Waals surface area contributed by atoms with Crippen LogP contribution in [0.25, 0.3) is 15.9 Å². The Bertz CT molecular complexity index is 1260. The van der Waals surface area contributed by atoms with Crippen molar-refractivity contribution in [2.24, 2.45) is 0 Å². The van der Waals surface area contributed by atoms with Crippen molar-refractivity contribution in [1.82, 2.24) is 15.1 Å². The lowest BCUT2D eigenvalue weighted by Crippen LogP contribution is -2.24. The van der Waals surface area contributed by atoms with Gasteiger partial charge in [0.2, 0.25) is 0 Å². The van der Waals surface area contributed by atoms with Crippen LogP contribution in [0, 0.1) is 6.92 Å². The molecule has 2 aromatic carbocycles. The molecule has 4 rings (SSSR count). The van der Waals surface area contributed by atoms with Gasteiger partial charge in [-0.3, -0.25) is 9.59 Å². The van der Waals surface area contributed by atoms with Gasteiger partial charge in [0.25, 0.3) is 11.8 Å². The summed E-state index contributed by atoms with van der Waals surface area (Å²) in [6.07, 6.45) is 0.841. The predicted octanol–water partition coefficient (Wildman–Crippen LogP) is 5.44. The van der Waals surface area contributed by atoms with Crippen LogP contribution in [0.15, 0.2) is 54.6 Å². The minimum absolute atomic E-state index is 0.227. The summed E-state index contributed by atoms with van der Waals surface area (Å²) in [4.78, 5) is 26.5. The summed E-state index contributed by atoms with van der Waals surface area (Å²) in [5, 5.41) is 11.5. The van der Waals surface area contributed by atoms with E-state index in [2.05, 4.69) is 15.7 Å². The molecule has 0 bridgehead atoms. The summed E-state index contributed by atoms with van der Waals surface area (Å²) in [6.45, 7) is 4.49. The van der Waals surface area contributed by atoms with Gasteiger partial charge in [-0.25, -0.2) is 4.68 Å². The fourth-order valence-corrected chi connectivity index (χ4v) is 4.55. The molecular weight excluding hydrogens is 432 g/mol. The topological polar surface area (TPSA) is 76.0 Å². The second kappa shape index (κ2) is 8.91. The van der Waals surface area contributed by atoms with Crippen LogP contribution in [0.4, 0.5) is 5.69 Å². The molecule has 0 aliphatic rings. The van der Waals surface area contributed by atoms with Crippen LogP contribution in [0.5, 0.6) is 0 Å². The highest BCUT2D eigenvalue weighted by atomic mass is 35.5. The van der Waals surface area contributed by atoms with Crippen molar-refractivity contribution in [2.45, 2.75) is 20.3 Å². The number of para-hydroxylation sites is 1. The number of fused-ring (bicyclic) bond motifs is 1. The van der Waals surface area contributed by atoms with Gasteiger partial charge in [-0.15, -0.1) is 11.3 Å². The van der Waals surface area contributed by atoms with Gasteiger partial charge in [0.15, 0.2) is 0 Å². The summed E-state index contributed by atoms with van der Waals surface area (Å²) in [5.74, 6) is -0.463. The first-order valence-electron chi connectivity index (χ1n) is 9.91. The smallest absolute Gasteiger partial charge is 0.265 e. The normalized spacial score (nSPS) is 10.9. The summed E-state index contributed by atoms with van der Waals surface area (Å²) in [5.41, 5.74) is 2.72. The number of nitrogens with one attached hydrogen (secondary N) is 2. The lowest BCUT2D eigenvalue weighted by molar-refractivity contribution is 0.0953. The molecule has 0 radical (unpaired) electrons. The first-order chi connectivity index (χ1) is 15.0. The lowest BCUT2D eigenvalue weighted by Gasteiger charge is -2.08. The number of aromatic nitrogens is 2. The van der Waals surface area contributed by atoms with Crippen LogP contribution in [0.3, 0.4) is 0 Å². The van der Waals surface area contributed by atoms with E-state index in [0.29, 0.717) is 27.7 Å². The molecule has 0 saturated carbocycles. The molecule has 0 unspecified atom stereocenters. The summed E-state index contributed by atoms with van der Waals surface area (Å²) >= 11 is 7.65. The molecule has 0 fully saturated rings. The first kappa shape index (κ1) is 21.1. The van der Waals surface area contributed by atoms with Gasteiger partial charge in [-0.05, 0) is 49.7 Å². The van der Waals surface area contributed by atoms with Crippen molar-refractivity contribution in [3.63, 3.8) is 0 Å². The average molecular weight is 453 g/mol. The van der Waals surface area contributed by atoms with E-state index in [1.54, 1.807) is 18.2 Å². The Labute approximate surface area is 188 Å². The fraction of sp³-hybridized carbons (Fsp3) is 0.174. The maximum atomic E-state index is 12.9. The lowest BCUT2D eigenvalue weighted by atomic mass is 10.2. The molecule has 4 aromatic rings. The number of hydrogen-bond acceptors (Lipinski definition) is 4. The van der Waals surface area contributed by atoms with E-state index in [1.807, 2.05) is 54.9 Å². The molecule has 0 atom stereocenters. The number of anilines is 1. The van der Waals surface area contributed by atoms with E-state index < -0.39 is 0 Å². The van der Waals surface area contributed by atoms with E-state index in [1.165, 1.54) is 11.3 Å². The Kier molecular flexibility index (Phi) is 6.06. The third kappa shape index (κ3) is 4.33. The minimum atomic E-state index is -0.237. The number of benzene rings is 2. The highest BCUT2D eigenvalue weighted by molar-refractivity contribution is 7.20. The number of nitrogens with zero attached hydrogens (tertiary/aromatic N) is 2. The van der Waals surface area contributed by atoms with Crippen molar-refractivity contribution in [3.8, 4) is 5.69 Å². The number of carbonyl (C=O) groups is 2. The van der Waals surface area contributed by atoms with Crippen molar-refractivity contribution < 1.29 is 9.59 Å². The maximum absolute atomic E-state index is 12.9. The molecule has 0 aliphatic heterocycles. The average Bonchev–Trinajstić information content (AvgIpc) is 3.33. The molecular formula is C23H21ClN4O2S. The Hall–Kier alpha value is -3.16. The van der Waals surface area contributed by atoms with Crippen LogP contribution in [-0.4, -0.2) is 28.1 Å². The fourth-order valence-electron chi connectivity index (χ4n) is 3.21. The number of hydrogen-bond donors (Lipinski definition) is 2. The Morgan fingerprint density at radius 1 is 1.10 bits per heavy atom. The zero-order valence-electron chi connectivity index (χ0n) is 17.1. The Balaban J connectivity index is 1.56. The first-order valence-corrected chi connectivity index (χ1v) is 11.1. The van der Waals surface area contributed by atoms with E-state index in [-0.39, 0.29) is 11.8 Å². The van der Waals surface area contributed by atoms with E-state index in [4.69, 9.17) is 11.6 Å². The van der Waals surface area contributed by atoms with Crippen molar-refractivity contribution in [3.05, 3.63) is 75.8 Å². The van der Waals surface area contributed by atoms with Crippen molar-refractivity contribution in [1.29, 1.82) is 0 Å². The SMILES string of the molecule is CCCNC(=O)c1ccc(NC(=O)c2cc3c(C)nn(-c4ccccc4)c3s2)cc1Cl. The zero-order chi connectivity index (χ0) is 22.0. The van der Waals surface area contributed by atoms with E-state index in [9.17, 15) is 9.59 Å². The Morgan fingerprint density at radius 2 is 1.87 bits per heavy atom. The van der Waals surface area contributed by atoms with Crippen LogP contribution in [-0.2, 0) is 0 Å². The molecule has 2 amide bonds. The number of thiophene rings is 1. The van der Waals surface area contributed by atoms with Gasteiger partial charge in [0.05, 0.1) is 26.8 Å². The second-order valence-electron chi connectivity index (χ2n) is 7.07. The zero-order valence-corrected chi connectivity index (χ0v) is 18.7. The predicted molar refractivity (Wildman–Crippen MR) is 126 cm³/mol. The second-order valence-corrected chi connectivity index (χ2v) is 8.50. The van der Waals surface area contributed by atoms with E-state index in [0.717, 1.165) is 28.0 Å². The number of amides is 2. The number of halogens is 1. The summed E-state index contributed by atoms with van der Waals surface area (Å²) < 4.78 is 1.85. The van der Waals surface area contributed by atoms with Crippen LogP contribution < -0.4 is 10.6 Å². The molecule has 6 nitrogen and oxygen atoms in total. The van der Waals surface area contributed by atoms with Gasteiger partial charge in [-0.2, -0.15) is 5.10 Å². The number of rotatable bonds is 6. The molecule has 0 aliphatic carbocycles. The monoisotopic (exact) mass is 452 g/mol. The highest BCUT2D eigenvalue weighted by Gasteiger charge is 2.18. The van der Waals surface area contributed by atoms with Crippen LogP contribution in [0.2, 0.25) is 5.02 Å². The molecule has 8 heteroatoms. The molecule has 0 saturated heterocycles. The van der Waals surface area contributed by atoms with E-state index >= 15 is 0 Å². The standard InChI is InChI=1S/C23H21ClN4O2S/c1-3-11-25-21(29)17-10-9-15(12-19(17)24)26-22(30)20-13-18-14(2)27-28(23(18)31-20)16-7-5-4-6-8-16/h4-10,12-13H,3,11H2,1-2H3,(H,25,29)(H,26,30). The van der Waals surface area contributed by atoms with Gasteiger partial charge < -0.3 is 10.6 Å². The number of carbonyl (C=O) groups excluding carboxylic acids is 2. The summed E-state index contributed by atoms with van der Waals surface area (Å²) in [6, 6.07) is 16.5. The molecule has 2 N–H and O–H groups in total. The molecule has 0 spiro atoms. The van der Waals surface area contributed by atoms with Gasteiger partial charge in [-0.1, -0.05) is 36.7 Å². The third-order valence-electron chi connectivity index (χ3n) is 4.78. The molecule has 31 heavy (non-hydrogen) atoms. The van der Waals surface area contributed by atoms with Crippen molar-refractivity contribution in [2.75, 3.05) is 11.9 Å². The quantitative estimate of drug-likeness (QED) is 0.409. The van der Waals surface area contributed by atoms with Crippen LogP contribution in [0.1, 0.15) is 39.1 Å². The third-order valence-corrected chi connectivity index (χ3v) is 6.20. The molecule has 158 valence electrons. The van der Waals surface area contributed by atoms with Gasteiger partial charge in [0.1, 0.15) is 4.83 Å². The Morgan fingerprint density at radius 3 is 2.58 bits per heavy atom. The molecule has 2 heterocycles. The molecule has 2 aromatic heterocycles. The van der Waals surface area contributed by atoms with Crippen LogP contribution >= 0.6 is 22.9 Å². The summed E-state index contributed by atoms with van der Waals surface area (Å²) in [7, 11) is 0. The maximum Gasteiger partial charge on any atom is 0.265 e. The highest BCUT2D eigenvalue weighted by Crippen LogP contribution is 2.31. The van der Waals surface area contributed by atoms with Crippen molar-refractivity contribution >= 4 is 50.7 Å². The largest absolute Gasteiger partial charge is 0.352 e.